The number of hydrogen-bond donors (Lipinski definition) is 1. The van der Waals surface area contributed by atoms with Gasteiger partial charge in [-0.1, -0.05) is 17.7 Å². The number of hydrogen-bond acceptors (Lipinski definition) is 4. The van der Waals surface area contributed by atoms with Crippen molar-refractivity contribution in [3.8, 4) is 11.5 Å². The first-order valence-corrected chi connectivity index (χ1v) is 5.82. The summed E-state index contributed by atoms with van der Waals surface area (Å²) in [6.07, 6.45) is 0.453. The Balaban J connectivity index is 2.32. The number of non-ortho nitro benzene ring substituents is 1. The van der Waals surface area contributed by atoms with Crippen molar-refractivity contribution in [3.05, 3.63) is 58.1 Å². The fraction of sp³-hybridized carbons (Fsp3) is 0.0714. The summed E-state index contributed by atoms with van der Waals surface area (Å²) in [6, 6.07) is 11.4. The first-order chi connectivity index (χ1) is 9.58. The van der Waals surface area contributed by atoms with Crippen molar-refractivity contribution in [1.29, 1.82) is 0 Å². The van der Waals surface area contributed by atoms with Crippen molar-refractivity contribution in [2.45, 2.75) is 6.92 Å². The SMILES string of the molecule is Cc1ccc(Oc2cc(NC=O)cc([N+](=O)[O-])c2)cc1. The monoisotopic (exact) mass is 272 g/mol. The zero-order valence-electron chi connectivity index (χ0n) is 10.7. The molecular formula is C14H12N2O4. The predicted octanol–water partition coefficient (Wildman–Crippen LogP) is 3.26. The Kier molecular flexibility index (Phi) is 3.95. The molecule has 0 radical (unpaired) electrons. The van der Waals surface area contributed by atoms with Crippen LogP contribution in [0.4, 0.5) is 11.4 Å². The van der Waals surface area contributed by atoms with Crippen LogP contribution < -0.4 is 10.1 Å². The van der Waals surface area contributed by atoms with Crippen molar-refractivity contribution < 1.29 is 14.5 Å². The molecule has 2 aromatic carbocycles. The lowest BCUT2D eigenvalue weighted by Crippen LogP contribution is -1.97. The first kappa shape index (κ1) is 13.5. The van der Waals surface area contributed by atoms with Crippen molar-refractivity contribution in [2.75, 3.05) is 5.32 Å². The minimum atomic E-state index is -0.544. The van der Waals surface area contributed by atoms with Gasteiger partial charge in [0, 0.05) is 12.1 Å². The van der Waals surface area contributed by atoms with Crippen LogP contribution in [0.1, 0.15) is 5.56 Å². The predicted molar refractivity (Wildman–Crippen MR) is 74.0 cm³/mol. The lowest BCUT2D eigenvalue weighted by Gasteiger charge is -2.07. The van der Waals surface area contributed by atoms with E-state index in [4.69, 9.17) is 4.74 Å². The molecule has 0 atom stereocenters. The van der Waals surface area contributed by atoms with Crippen LogP contribution in [0.5, 0.6) is 11.5 Å². The molecule has 0 spiro atoms. The second kappa shape index (κ2) is 5.83. The Hall–Kier alpha value is -2.89. The van der Waals surface area contributed by atoms with Gasteiger partial charge in [-0.2, -0.15) is 0 Å². The molecule has 6 heteroatoms. The summed E-state index contributed by atoms with van der Waals surface area (Å²) >= 11 is 0. The average molecular weight is 272 g/mol. The van der Waals surface area contributed by atoms with E-state index in [1.54, 1.807) is 12.1 Å². The number of nitro groups is 1. The van der Waals surface area contributed by atoms with Gasteiger partial charge in [0.2, 0.25) is 6.41 Å². The fourth-order valence-corrected chi connectivity index (χ4v) is 1.64. The quantitative estimate of drug-likeness (QED) is 0.514. The molecule has 0 aliphatic rings. The van der Waals surface area contributed by atoms with E-state index in [0.29, 0.717) is 17.8 Å². The van der Waals surface area contributed by atoms with E-state index < -0.39 is 4.92 Å². The second-order valence-corrected chi connectivity index (χ2v) is 4.15. The number of ether oxygens (including phenoxy) is 1. The van der Waals surface area contributed by atoms with Gasteiger partial charge in [-0.25, -0.2) is 0 Å². The smallest absolute Gasteiger partial charge is 0.275 e. The number of anilines is 1. The molecule has 102 valence electrons. The topological polar surface area (TPSA) is 81.5 Å². The largest absolute Gasteiger partial charge is 0.457 e. The summed E-state index contributed by atoms with van der Waals surface area (Å²) in [5, 5.41) is 13.2. The summed E-state index contributed by atoms with van der Waals surface area (Å²) in [7, 11) is 0. The minimum Gasteiger partial charge on any atom is -0.457 e. The van der Waals surface area contributed by atoms with E-state index in [9.17, 15) is 14.9 Å². The van der Waals surface area contributed by atoms with Crippen LogP contribution >= 0.6 is 0 Å². The second-order valence-electron chi connectivity index (χ2n) is 4.15. The Bertz CT molecular complexity index is 638. The van der Waals surface area contributed by atoms with Gasteiger partial charge in [0.05, 0.1) is 16.7 Å². The van der Waals surface area contributed by atoms with Gasteiger partial charge in [-0.15, -0.1) is 0 Å². The van der Waals surface area contributed by atoms with E-state index in [1.165, 1.54) is 18.2 Å². The van der Waals surface area contributed by atoms with Gasteiger partial charge in [-0.3, -0.25) is 14.9 Å². The van der Waals surface area contributed by atoms with E-state index in [0.717, 1.165) is 5.56 Å². The number of nitrogens with one attached hydrogen (secondary N) is 1. The van der Waals surface area contributed by atoms with E-state index in [-0.39, 0.29) is 11.4 Å². The van der Waals surface area contributed by atoms with Crippen molar-refractivity contribution in [2.24, 2.45) is 0 Å². The standard InChI is InChI=1S/C14H12N2O4/c1-10-2-4-13(5-3-10)20-14-7-11(15-9-17)6-12(8-14)16(18)19/h2-9H,1H3,(H,15,17). The van der Waals surface area contributed by atoms with Gasteiger partial charge in [0.15, 0.2) is 0 Å². The molecule has 6 nitrogen and oxygen atoms in total. The minimum absolute atomic E-state index is 0.154. The van der Waals surface area contributed by atoms with Gasteiger partial charge in [0.1, 0.15) is 11.5 Å². The van der Waals surface area contributed by atoms with Gasteiger partial charge >= 0.3 is 0 Å². The molecule has 0 aromatic heterocycles. The van der Waals surface area contributed by atoms with Crippen LogP contribution in [0.15, 0.2) is 42.5 Å². The van der Waals surface area contributed by atoms with Crippen LogP contribution in [0.25, 0.3) is 0 Å². The highest BCUT2D eigenvalue weighted by atomic mass is 16.6. The number of benzene rings is 2. The third-order valence-electron chi connectivity index (χ3n) is 2.58. The Labute approximate surface area is 115 Å². The molecule has 1 N–H and O–H groups in total. The van der Waals surface area contributed by atoms with Crippen LogP contribution in [-0.2, 0) is 4.79 Å². The zero-order chi connectivity index (χ0) is 14.5. The number of aryl methyl sites for hydroxylation is 1. The van der Waals surface area contributed by atoms with Crippen molar-refractivity contribution >= 4 is 17.8 Å². The van der Waals surface area contributed by atoms with Crippen molar-refractivity contribution in [1.82, 2.24) is 0 Å². The molecule has 0 saturated carbocycles. The molecule has 20 heavy (non-hydrogen) atoms. The first-order valence-electron chi connectivity index (χ1n) is 5.82. The number of nitro benzene ring substituents is 1. The Morgan fingerprint density at radius 3 is 2.45 bits per heavy atom. The summed E-state index contributed by atoms with van der Waals surface area (Å²) in [5.74, 6) is 0.848. The number of nitrogens with zero attached hydrogens (tertiary/aromatic N) is 1. The van der Waals surface area contributed by atoms with E-state index in [1.807, 2.05) is 19.1 Å². The lowest BCUT2D eigenvalue weighted by atomic mass is 10.2. The molecular weight excluding hydrogens is 260 g/mol. The number of carbonyl (C=O) groups is 1. The molecule has 0 unspecified atom stereocenters. The van der Waals surface area contributed by atoms with Crippen LogP contribution in [0, 0.1) is 17.0 Å². The molecule has 0 heterocycles. The number of rotatable bonds is 5. The normalized spacial score (nSPS) is 9.85. The number of amides is 1. The Morgan fingerprint density at radius 2 is 1.85 bits per heavy atom. The highest BCUT2D eigenvalue weighted by Crippen LogP contribution is 2.29. The van der Waals surface area contributed by atoms with Crippen LogP contribution in [-0.4, -0.2) is 11.3 Å². The summed E-state index contributed by atoms with van der Waals surface area (Å²) < 4.78 is 5.55. The molecule has 0 aliphatic heterocycles. The molecule has 0 aliphatic carbocycles. The summed E-state index contributed by atoms with van der Waals surface area (Å²) in [5.41, 5.74) is 1.23. The maximum Gasteiger partial charge on any atom is 0.275 e. The molecule has 2 aromatic rings. The van der Waals surface area contributed by atoms with Gasteiger partial charge in [-0.05, 0) is 19.1 Å². The Morgan fingerprint density at radius 1 is 1.15 bits per heavy atom. The average Bonchev–Trinajstić information content (AvgIpc) is 2.41. The van der Waals surface area contributed by atoms with Crippen LogP contribution in [0.2, 0.25) is 0 Å². The zero-order valence-corrected chi connectivity index (χ0v) is 10.7. The van der Waals surface area contributed by atoms with Crippen LogP contribution in [0.3, 0.4) is 0 Å². The van der Waals surface area contributed by atoms with E-state index in [2.05, 4.69) is 5.32 Å². The molecule has 1 amide bonds. The maximum atomic E-state index is 10.8. The molecule has 0 bridgehead atoms. The van der Waals surface area contributed by atoms with Gasteiger partial charge < -0.3 is 10.1 Å². The highest BCUT2D eigenvalue weighted by molar-refractivity contribution is 5.73. The summed E-state index contributed by atoms with van der Waals surface area (Å²) in [6.45, 7) is 1.95. The molecule has 0 fully saturated rings. The third-order valence-corrected chi connectivity index (χ3v) is 2.58. The molecule has 2 rings (SSSR count). The van der Waals surface area contributed by atoms with Gasteiger partial charge in [0.25, 0.3) is 5.69 Å². The lowest BCUT2D eigenvalue weighted by molar-refractivity contribution is -0.384. The molecule has 0 saturated heterocycles. The maximum absolute atomic E-state index is 10.8. The third kappa shape index (κ3) is 3.32. The van der Waals surface area contributed by atoms with E-state index >= 15 is 0 Å². The fourth-order valence-electron chi connectivity index (χ4n) is 1.64. The van der Waals surface area contributed by atoms with Crippen molar-refractivity contribution in [3.63, 3.8) is 0 Å². The summed E-state index contributed by atoms with van der Waals surface area (Å²) in [4.78, 5) is 20.7. The highest BCUT2D eigenvalue weighted by Gasteiger charge is 2.11. The number of carbonyl (C=O) groups excluding carboxylic acids is 1.